The molecular weight excluding hydrogens is 347 g/mol. The number of ether oxygens (including phenoxy) is 1. The van der Waals surface area contributed by atoms with E-state index in [4.69, 9.17) is 4.74 Å². The third kappa shape index (κ3) is 3.99. The van der Waals surface area contributed by atoms with Crippen LogP contribution >= 0.6 is 0 Å². The summed E-state index contributed by atoms with van der Waals surface area (Å²) in [5.74, 6) is 0.371. The highest BCUT2D eigenvalue weighted by molar-refractivity contribution is 5.95. The minimum Gasteiger partial charge on any atom is -0.362 e. The highest BCUT2D eigenvalue weighted by Crippen LogP contribution is 2.32. The molecule has 0 bridgehead atoms. The Bertz CT molecular complexity index is 829. The van der Waals surface area contributed by atoms with Crippen molar-refractivity contribution in [3.8, 4) is 0 Å². The second kappa shape index (κ2) is 7.32. The van der Waals surface area contributed by atoms with E-state index >= 15 is 0 Å². The Kier molecular flexibility index (Phi) is 4.88. The SMILES string of the molecule is Cc1nccc(CN2CCCC3(C2)CN(c2ccc(F)cc2)C(=O)CO3)n1. The van der Waals surface area contributed by atoms with Crippen LogP contribution in [0.2, 0.25) is 0 Å². The van der Waals surface area contributed by atoms with Crippen LogP contribution in [-0.4, -0.2) is 52.6 Å². The van der Waals surface area contributed by atoms with Gasteiger partial charge in [-0.1, -0.05) is 0 Å². The van der Waals surface area contributed by atoms with Crippen molar-refractivity contribution in [2.24, 2.45) is 0 Å². The number of halogens is 1. The Morgan fingerprint density at radius 1 is 1.22 bits per heavy atom. The van der Waals surface area contributed by atoms with E-state index in [0.29, 0.717) is 12.2 Å². The van der Waals surface area contributed by atoms with Gasteiger partial charge in [0, 0.05) is 25.0 Å². The number of amides is 1. The summed E-state index contributed by atoms with van der Waals surface area (Å²) in [6.45, 7) is 4.87. The van der Waals surface area contributed by atoms with Crippen molar-refractivity contribution in [3.63, 3.8) is 0 Å². The number of piperidine rings is 1. The van der Waals surface area contributed by atoms with Crippen LogP contribution in [0.5, 0.6) is 0 Å². The van der Waals surface area contributed by atoms with E-state index in [2.05, 4.69) is 14.9 Å². The Hall–Kier alpha value is -2.38. The first-order valence-corrected chi connectivity index (χ1v) is 9.24. The lowest BCUT2D eigenvalue weighted by atomic mass is 9.90. The number of likely N-dealkylation sites (tertiary alicyclic amines) is 1. The van der Waals surface area contributed by atoms with Crippen molar-refractivity contribution < 1.29 is 13.9 Å². The van der Waals surface area contributed by atoms with Gasteiger partial charge in [0.05, 0.1) is 17.8 Å². The molecule has 1 aromatic carbocycles. The van der Waals surface area contributed by atoms with Gasteiger partial charge in [0.1, 0.15) is 18.2 Å². The first kappa shape index (κ1) is 18.0. The molecule has 2 aliphatic heterocycles. The molecule has 7 heteroatoms. The smallest absolute Gasteiger partial charge is 0.253 e. The van der Waals surface area contributed by atoms with Crippen LogP contribution in [0.25, 0.3) is 0 Å². The summed E-state index contributed by atoms with van der Waals surface area (Å²) in [6.07, 6.45) is 3.68. The average Bonchev–Trinajstić information content (AvgIpc) is 2.65. The topological polar surface area (TPSA) is 58.6 Å². The molecule has 1 atom stereocenters. The quantitative estimate of drug-likeness (QED) is 0.830. The Morgan fingerprint density at radius 3 is 2.81 bits per heavy atom. The molecule has 2 saturated heterocycles. The third-order valence-corrected chi connectivity index (χ3v) is 5.23. The standard InChI is InChI=1S/C20H23FN4O2/c1-15-22-9-7-17(23-15)11-24-10-2-8-20(13-24)14-25(19(26)12-27-20)18-5-3-16(21)4-6-18/h3-7,9H,2,8,10-14H2,1H3. The van der Waals surface area contributed by atoms with Gasteiger partial charge in [-0.15, -0.1) is 0 Å². The maximum Gasteiger partial charge on any atom is 0.253 e. The maximum atomic E-state index is 13.2. The predicted molar refractivity (Wildman–Crippen MR) is 98.7 cm³/mol. The lowest BCUT2D eigenvalue weighted by Crippen LogP contribution is -2.61. The van der Waals surface area contributed by atoms with Gasteiger partial charge in [0.25, 0.3) is 5.91 Å². The number of rotatable bonds is 3. The number of aryl methyl sites for hydroxylation is 1. The van der Waals surface area contributed by atoms with Gasteiger partial charge in [-0.2, -0.15) is 0 Å². The molecule has 1 unspecified atom stereocenters. The van der Waals surface area contributed by atoms with Crippen LogP contribution in [0.3, 0.4) is 0 Å². The van der Waals surface area contributed by atoms with E-state index in [9.17, 15) is 9.18 Å². The number of benzene rings is 1. The van der Waals surface area contributed by atoms with Crippen LogP contribution < -0.4 is 4.90 Å². The number of carbonyl (C=O) groups excluding carboxylic acids is 1. The monoisotopic (exact) mass is 370 g/mol. The van der Waals surface area contributed by atoms with E-state index < -0.39 is 5.60 Å². The number of anilines is 1. The summed E-state index contributed by atoms with van der Waals surface area (Å²) in [5.41, 5.74) is 1.30. The lowest BCUT2D eigenvalue weighted by molar-refractivity contribution is -0.146. The maximum absolute atomic E-state index is 13.2. The van der Waals surface area contributed by atoms with Gasteiger partial charge in [-0.25, -0.2) is 14.4 Å². The first-order valence-electron chi connectivity index (χ1n) is 9.24. The number of aromatic nitrogens is 2. The van der Waals surface area contributed by atoms with Crippen molar-refractivity contribution in [2.75, 3.05) is 31.1 Å². The van der Waals surface area contributed by atoms with E-state index in [1.165, 1.54) is 12.1 Å². The Morgan fingerprint density at radius 2 is 2.04 bits per heavy atom. The summed E-state index contributed by atoms with van der Waals surface area (Å²) in [6, 6.07) is 8.00. The van der Waals surface area contributed by atoms with Gasteiger partial charge >= 0.3 is 0 Å². The molecule has 0 N–H and O–H groups in total. The summed E-state index contributed by atoms with van der Waals surface area (Å²) < 4.78 is 19.3. The molecule has 2 aliphatic rings. The molecule has 1 spiro atoms. The van der Waals surface area contributed by atoms with Gasteiger partial charge < -0.3 is 9.64 Å². The van der Waals surface area contributed by atoms with E-state index in [1.807, 2.05) is 13.0 Å². The number of morpholine rings is 1. The fourth-order valence-electron chi connectivity index (χ4n) is 3.97. The molecule has 2 aromatic rings. The zero-order chi connectivity index (χ0) is 18.9. The molecule has 2 fully saturated rings. The average molecular weight is 370 g/mol. The van der Waals surface area contributed by atoms with Crippen molar-refractivity contribution in [1.29, 1.82) is 0 Å². The van der Waals surface area contributed by atoms with Crippen molar-refractivity contribution >= 4 is 11.6 Å². The van der Waals surface area contributed by atoms with Crippen molar-refractivity contribution in [2.45, 2.75) is 31.9 Å². The van der Waals surface area contributed by atoms with E-state index in [0.717, 1.165) is 44.0 Å². The molecule has 0 radical (unpaired) electrons. The van der Waals surface area contributed by atoms with Gasteiger partial charge in [-0.05, 0) is 56.6 Å². The molecule has 27 heavy (non-hydrogen) atoms. The summed E-state index contributed by atoms with van der Waals surface area (Å²) in [7, 11) is 0. The van der Waals surface area contributed by atoms with Crippen molar-refractivity contribution in [1.82, 2.24) is 14.9 Å². The largest absolute Gasteiger partial charge is 0.362 e. The highest BCUT2D eigenvalue weighted by Gasteiger charge is 2.43. The van der Waals surface area contributed by atoms with Crippen molar-refractivity contribution in [3.05, 3.63) is 53.9 Å². The van der Waals surface area contributed by atoms with Gasteiger partial charge in [-0.3, -0.25) is 9.69 Å². The zero-order valence-electron chi connectivity index (χ0n) is 15.4. The molecule has 0 saturated carbocycles. The van der Waals surface area contributed by atoms with Gasteiger partial charge in [0.2, 0.25) is 0 Å². The summed E-state index contributed by atoms with van der Waals surface area (Å²) in [4.78, 5) is 25.1. The van der Waals surface area contributed by atoms with Gasteiger partial charge in [0.15, 0.2) is 0 Å². The third-order valence-electron chi connectivity index (χ3n) is 5.23. The molecule has 1 aromatic heterocycles. The second-order valence-corrected chi connectivity index (χ2v) is 7.34. The lowest BCUT2D eigenvalue weighted by Gasteiger charge is -2.47. The number of hydrogen-bond acceptors (Lipinski definition) is 5. The summed E-state index contributed by atoms with van der Waals surface area (Å²) >= 11 is 0. The minimum atomic E-state index is -0.400. The molecule has 4 rings (SSSR count). The van der Waals surface area contributed by atoms with Crippen LogP contribution in [0.15, 0.2) is 36.5 Å². The number of hydrogen-bond donors (Lipinski definition) is 0. The molecule has 3 heterocycles. The number of nitrogens with zero attached hydrogens (tertiary/aromatic N) is 4. The molecule has 0 aliphatic carbocycles. The first-order chi connectivity index (χ1) is 13.0. The molecule has 142 valence electrons. The molecule has 1 amide bonds. The van der Waals surface area contributed by atoms with Crippen LogP contribution in [0, 0.1) is 12.7 Å². The second-order valence-electron chi connectivity index (χ2n) is 7.34. The molecular formula is C20H23FN4O2. The fraction of sp³-hybridized carbons (Fsp3) is 0.450. The Labute approximate surface area is 158 Å². The highest BCUT2D eigenvalue weighted by atomic mass is 19.1. The normalized spacial score (nSPS) is 23.8. The summed E-state index contributed by atoms with van der Waals surface area (Å²) in [5, 5.41) is 0. The minimum absolute atomic E-state index is 0.0534. The fourth-order valence-corrected chi connectivity index (χ4v) is 3.97. The number of carbonyl (C=O) groups is 1. The van der Waals surface area contributed by atoms with Crippen LogP contribution in [0.1, 0.15) is 24.4 Å². The van der Waals surface area contributed by atoms with E-state index in [1.54, 1.807) is 23.2 Å². The van der Waals surface area contributed by atoms with Crippen LogP contribution in [-0.2, 0) is 16.1 Å². The predicted octanol–water partition coefficient (Wildman–Crippen LogP) is 2.32. The zero-order valence-corrected chi connectivity index (χ0v) is 15.4. The van der Waals surface area contributed by atoms with E-state index in [-0.39, 0.29) is 18.3 Å². The Balaban J connectivity index is 1.49. The van der Waals surface area contributed by atoms with Crippen LogP contribution in [0.4, 0.5) is 10.1 Å². The molecule has 6 nitrogen and oxygen atoms in total.